The molecule has 0 fully saturated rings. The Bertz CT molecular complexity index is 3700. The molecule has 580 valence electrons. The van der Waals surface area contributed by atoms with E-state index in [0.29, 0.717) is 30.6 Å². The van der Waals surface area contributed by atoms with Crippen LogP contribution < -0.4 is 20.1 Å². The first kappa shape index (κ1) is 101. The molecule has 105 heavy (non-hydrogen) atoms. The van der Waals surface area contributed by atoms with Gasteiger partial charge in [0.15, 0.2) is 0 Å². The molecule has 0 spiro atoms. The molecule has 14 nitrogen and oxygen atoms in total. The van der Waals surface area contributed by atoms with E-state index in [1.165, 1.54) is 54.4 Å². The molecule has 0 aliphatic rings. The number of carbonyl (C=O) groups is 5. The van der Waals surface area contributed by atoms with Crippen molar-refractivity contribution < 1.29 is 58.6 Å². The number of hydrogen-bond acceptors (Lipinski definition) is 13. The second kappa shape index (κ2) is 59.7. The highest BCUT2D eigenvalue weighted by molar-refractivity contribution is 7.26. The van der Waals surface area contributed by atoms with Gasteiger partial charge in [-0.1, -0.05) is 260 Å². The summed E-state index contributed by atoms with van der Waals surface area (Å²) in [4.78, 5) is 58.0. The summed E-state index contributed by atoms with van der Waals surface area (Å²) in [5.74, 6) is 1.85. The number of fused-ring (bicyclic) bond motifs is 4. The zero-order valence-electron chi connectivity index (χ0n) is 68.1. The number of thiophene rings is 1. The Hall–Kier alpha value is -8.57. The highest BCUT2D eigenvalue weighted by atomic mass is 32.1. The van der Waals surface area contributed by atoms with Crippen LogP contribution in [0.2, 0.25) is 0 Å². The quantitative estimate of drug-likeness (QED) is 0.0310. The van der Waals surface area contributed by atoms with E-state index < -0.39 is 10.8 Å². The van der Waals surface area contributed by atoms with Crippen molar-refractivity contribution in [1.29, 1.82) is 0 Å². The van der Waals surface area contributed by atoms with Crippen molar-refractivity contribution >= 4 is 77.7 Å². The summed E-state index contributed by atoms with van der Waals surface area (Å²) in [6.45, 7) is 41.2. The van der Waals surface area contributed by atoms with Crippen molar-refractivity contribution in [3.63, 3.8) is 0 Å². The Morgan fingerprint density at radius 1 is 0.448 bits per heavy atom. The van der Waals surface area contributed by atoms with Gasteiger partial charge in [-0.25, -0.2) is 0 Å². The summed E-state index contributed by atoms with van der Waals surface area (Å²) in [5, 5.41) is 38.9. The fraction of sp³-hybridized carbons (Fsp3) is 0.433. The summed E-state index contributed by atoms with van der Waals surface area (Å²) in [6.07, 6.45) is 6.13. The zero-order valence-corrected chi connectivity index (χ0v) is 68.9. The van der Waals surface area contributed by atoms with Crippen LogP contribution in [0, 0.1) is 42.4 Å². The van der Waals surface area contributed by atoms with Crippen LogP contribution in [0.1, 0.15) is 197 Å². The maximum atomic E-state index is 12.0. The van der Waals surface area contributed by atoms with Crippen LogP contribution >= 0.6 is 11.3 Å². The lowest BCUT2D eigenvalue weighted by molar-refractivity contribution is -0.148. The third kappa shape index (κ3) is 39.4. The van der Waals surface area contributed by atoms with E-state index in [2.05, 4.69) is 99.0 Å². The predicted molar refractivity (Wildman–Crippen MR) is 445 cm³/mol. The number of ether oxygens (including phenoxy) is 3. The number of anilines is 1. The van der Waals surface area contributed by atoms with Crippen molar-refractivity contribution in [3.8, 4) is 11.5 Å². The van der Waals surface area contributed by atoms with Gasteiger partial charge in [-0.2, -0.15) is 0 Å². The van der Waals surface area contributed by atoms with Crippen LogP contribution in [-0.4, -0.2) is 85.2 Å². The maximum absolute atomic E-state index is 12.0. The van der Waals surface area contributed by atoms with Gasteiger partial charge in [-0.05, 0) is 156 Å². The van der Waals surface area contributed by atoms with Crippen LogP contribution in [0.3, 0.4) is 0 Å². The van der Waals surface area contributed by atoms with Crippen LogP contribution in [0.5, 0.6) is 11.5 Å². The van der Waals surface area contributed by atoms with Gasteiger partial charge in [-0.3, -0.25) is 24.0 Å². The standard InChI is InChI=1S/C16H18O2.C16H16S.C14H21NO.C13H18O2.C12H16O2.C11H15NO.2C2H6.4CH4O/c1-4-16(2,3)15(17)18-14-10-9-12-7-5-6-8-13(12)11-14;1-3-11(2)12-8-6-9-14-13-7-4-5-10-15(13)17-16(12)14;1-5-12(4)14(16)15-9-13-7-10(2)6-11(3)8-13;1-3-11(2)13(14)15-10-9-12-7-5-4-6-8-12;1-4-12(2,3)11(13)14-10-8-6-5-7-9-10;1-3-9(2)11(13)12-10-7-5-4-6-8-10;6*1-2/h5-11H,4H2,1-3H3;4-11H,3H2,1-2H3;6-8,12H,5,9H2,1-4H3,(H,15,16);4-8,11H,3,9-10H2,1-2H3;5-9H,4H2,1-3H3;4-9H,3H2,1-2H3,(H,12,13);2*1-2H3;4*2H,1H3. The Morgan fingerprint density at radius 3 is 1.40 bits per heavy atom. The van der Waals surface area contributed by atoms with Gasteiger partial charge in [0.2, 0.25) is 11.8 Å². The molecule has 9 rings (SSSR count). The molecule has 0 saturated carbocycles. The molecular weight excluding hydrogens is 1330 g/mol. The predicted octanol–water partition coefficient (Wildman–Crippen LogP) is 21.7. The highest BCUT2D eigenvalue weighted by Gasteiger charge is 2.28. The van der Waals surface area contributed by atoms with Crippen molar-refractivity contribution in [2.75, 3.05) is 40.4 Å². The molecule has 2 amide bonds. The average molecular weight is 1470 g/mol. The molecule has 15 heteroatoms. The third-order valence-corrected chi connectivity index (χ3v) is 18.0. The van der Waals surface area contributed by atoms with Gasteiger partial charge in [0.05, 0.1) is 23.4 Å². The summed E-state index contributed by atoms with van der Waals surface area (Å²) >= 11 is 1.93. The molecule has 1 aromatic heterocycles. The number of esters is 3. The Morgan fingerprint density at radius 2 is 0.895 bits per heavy atom. The van der Waals surface area contributed by atoms with Gasteiger partial charge < -0.3 is 45.3 Å². The Kier molecular flexibility index (Phi) is 57.2. The average Bonchev–Trinajstić information content (AvgIpc) is 1.63. The number of aliphatic hydroxyl groups excluding tert-OH is 4. The molecule has 4 unspecified atom stereocenters. The first-order chi connectivity index (χ1) is 50.4. The van der Waals surface area contributed by atoms with E-state index in [1.807, 2.05) is 243 Å². The summed E-state index contributed by atoms with van der Waals surface area (Å²) in [5.41, 5.74) is 6.39. The first-order valence-corrected chi connectivity index (χ1v) is 37.8. The van der Waals surface area contributed by atoms with Crippen LogP contribution in [0.15, 0.2) is 194 Å². The fourth-order valence-corrected chi connectivity index (χ4v) is 10.1. The number of aliphatic hydroxyl groups is 4. The van der Waals surface area contributed by atoms with Gasteiger partial charge in [-0.15, -0.1) is 11.3 Å². The van der Waals surface area contributed by atoms with Gasteiger partial charge in [0, 0.05) is 79.1 Å². The van der Waals surface area contributed by atoms with E-state index in [4.69, 9.17) is 34.6 Å². The molecule has 9 aromatic rings. The molecule has 0 bridgehead atoms. The molecule has 6 N–H and O–H groups in total. The van der Waals surface area contributed by atoms with E-state index in [0.717, 1.165) is 83.4 Å². The third-order valence-electron chi connectivity index (χ3n) is 16.7. The minimum Gasteiger partial charge on any atom is -0.465 e. The van der Waals surface area contributed by atoms with E-state index in [-0.39, 0.29) is 47.5 Å². The van der Waals surface area contributed by atoms with Crippen molar-refractivity contribution in [3.05, 3.63) is 222 Å². The fourth-order valence-electron chi connectivity index (χ4n) is 8.79. The van der Waals surface area contributed by atoms with Crippen LogP contribution in [0.4, 0.5) is 5.69 Å². The topological polar surface area (TPSA) is 218 Å². The number of para-hydroxylation sites is 2. The lowest BCUT2D eigenvalue weighted by atomic mass is 9.91. The number of amides is 2. The number of nitrogens with one attached hydrogen (secondary N) is 2. The second-order valence-electron chi connectivity index (χ2n) is 25.1. The number of rotatable bonds is 20. The minimum absolute atomic E-state index is 0.0146. The van der Waals surface area contributed by atoms with Gasteiger partial charge in [0.1, 0.15) is 11.5 Å². The SMILES string of the molecule is CC.CC.CCC(C)(C)C(=O)Oc1ccc2ccccc2c1.CCC(C)(C)C(=O)Oc1ccccc1.CCC(C)C(=O)NCc1cc(C)cc(C)c1.CCC(C)C(=O)Nc1ccccc1.CCC(C)C(=O)OCCc1ccccc1.CCC(C)c1cccc2c1sc1ccccc12.CO.CO.CO.CO. The second-order valence-corrected chi connectivity index (χ2v) is 26.2. The lowest BCUT2D eigenvalue weighted by Gasteiger charge is -2.20. The summed E-state index contributed by atoms with van der Waals surface area (Å²) < 4.78 is 18.7. The van der Waals surface area contributed by atoms with Crippen LogP contribution in [-0.2, 0) is 41.7 Å². The first-order valence-electron chi connectivity index (χ1n) is 37.0. The molecular formula is C90H132N2O12S. The molecule has 0 aliphatic carbocycles. The Labute approximate surface area is 636 Å². The molecule has 8 aromatic carbocycles. The largest absolute Gasteiger partial charge is 0.465 e. The number of benzene rings is 8. The zero-order chi connectivity index (χ0) is 80.5. The maximum Gasteiger partial charge on any atom is 0.316 e. The number of hydrogen-bond donors (Lipinski definition) is 6. The van der Waals surface area contributed by atoms with Crippen LogP contribution in [0.25, 0.3) is 30.9 Å². The van der Waals surface area contributed by atoms with Crippen molar-refractivity contribution in [2.24, 2.45) is 28.6 Å². The summed E-state index contributed by atoms with van der Waals surface area (Å²) in [6, 6.07) is 64.3. The lowest BCUT2D eigenvalue weighted by Crippen LogP contribution is -2.28. The van der Waals surface area contributed by atoms with E-state index >= 15 is 0 Å². The smallest absolute Gasteiger partial charge is 0.316 e. The summed E-state index contributed by atoms with van der Waals surface area (Å²) in [7, 11) is 4.00. The molecule has 0 aliphatic heterocycles. The monoisotopic (exact) mass is 1460 g/mol. The molecule has 0 radical (unpaired) electrons. The Balaban J connectivity index is -0.00000116. The minimum atomic E-state index is -0.439. The van der Waals surface area contributed by atoms with E-state index in [9.17, 15) is 24.0 Å². The molecule has 0 saturated heterocycles. The normalized spacial score (nSPS) is 11.0. The molecule has 1 heterocycles. The number of carbonyl (C=O) groups excluding carboxylic acids is 5. The van der Waals surface area contributed by atoms with Gasteiger partial charge >= 0.3 is 17.9 Å². The molecule has 4 atom stereocenters. The van der Waals surface area contributed by atoms with E-state index in [1.54, 1.807) is 12.1 Å². The van der Waals surface area contributed by atoms with Crippen molar-refractivity contribution in [2.45, 2.75) is 196 Å². The number of aryl methyl sites for hydroxylation is 2. The van der Waals surface area contributed by atoms with Crippen molar-refractivity contribution in [1.82, 2.24) is 5.32 Å². The highest BCUT2D eigenvalue weighted by Crippen LogP contribution is 2.39. The van der Waals surface area contributed by atoms with Gasteiger partial charge in [0.25, 0.3) is 0 Å².